The van der Waals surface area contributed by atoms with Crippen LogP contribution in [0.2, 0.25) is 5.02 Å². The number of carbonyl (C=O) groups excluding carboxylic acids is 1. The van der Waals surface area contributed by atoms with E-state index in [4.69, 9.17) is 16.7 Å². The Bertz CT molecular complexity index is 878. The van der Waals surface area contributed by atoms with Crippen LogP contribution in [0.4, 0.5) is 4.79 Å². The van der Waals surface area contributed by atoms with E-state index in [1.165, 1.54) is 9.47 Å². The molecule has 1 heterocycles. The smallest absolute Gasteiger partial charge is 0.405 e. The molecule has 1 atom stereocenters. The fourth-order valence-corrected chi connectivity index (χ4v) is 2.72. The molecule has 1 aromatic heterocycles. The third-order valence-corrected chi connectivity index (χ3v) is 4.05. The molecular formula is C16H19ClN4O4. The van der Waals surface area contributed by atoms with Crippen LogP contribution in [0.3, 0.4) is 0 Å². The van der Waals surface area contributed by atoms with Gasteiger partial charge in [-0.1, -0.05) is 17.7 Å². The maximum atomic E-state index is 12.9. The van der Waals surface area contributed by atoms with E-state index >= 15 is 0 Å². The van der Waals surface area contributed by atoms with E-state index in [1.54, 1.807) is 39.2 Å². The van der Waals surface area contributed by atoms with Crippen LogP contribution in [0, 0.1) is 0 Å². The van der Waals surface area contributed by atoms with Crippen LogP contribution in [0.25, 0.3) is 10.9 Å². The first kappa shape index (κ1) is 18.7. The number of aromatic nitrogens is 2. The average molecular weight is 367 g/mol. The van der Waals surface area contributed by atoms with Gasteiger partial charge in [0.2, 0.25) is 5.91 Å². The highest BCUT2D eigenvalue weighted by Gasteiger charge is 2.20. The molecular weight excluding hydrogens is 348 g/mol. The summed E-state index contributed by atoms with van der Waals surface area (Å²) >= 11 is 6.13. The van der Waals surface area contributed by atoms with Crippen LogP contribution < -0.4 is 10.9 Å². The number of nitrogens with zero attached hydrogens (tertiary/aromatic N) is 3. The summed E-state index contributed by atoms with van der Waals surface area (Å²) in [6.45, 7) is 1.65. The minimum Gasteiger partial charge on any atom is -0.465 e. The molecule has 2 N–H and O–H groups in total. The van der Waals surface area contributed by atoms with Gasteiger partial charge in [0, 0.05) is 27.1 Å². The fraction of sp³-hybridized carbons (Fsp3) is 0.375. The zero-order valence-electron chi connectivity index (χ0n) is 14.1. The monoisotopic (exact) mass is 366 g/mol. The lowest BCUT2D eigenvalue weighted by Gasteiger charge is -2.19. The molecule has 2 aromatic rings. The standard InChI is InChI=1S/C16H19ClN4O4/c1-9(18-16(24)25)14-19-11-6-4-5-10(17)13(11)15(23)21(14)8-7-12(22)20(2)3/h4-6,9,18H,7-8H2,1-3H3,(H,24,25). The predicted octanol–water partition coefficient (Wildman–Crippen LogP) is 1.86. The van der Waals surface area contributed by atoms with Gasteiger partial charge in [0.25, 0.3) is 5.56 Å². The third-order valence-electron chi connectivity index (χ3n) is 3.74. The highest BCUT2D eigenvalue weighted by Crippen LogP contribution is 2.21. The molecule has 2 rings (SSSR count). The summed E-state index contributed by atoms with van der Waals surface area (Å²) in [5.41, 5.74) is -0.0297. The van der Waals surface area contributed by atoms with Crippen LogP contribution >= 0.6 is 11.6 Å². The van der Waals surface area contributed by atoms with Crippen LogP contribution in [-0.4, -0.2) is 45.7 Å². The second-order valence-corrected chi connectivity index (χ2v) is 6.18. The molecule has 1 aromatic carbocycles. The minimum absolute atomic E-state index is 0.0744. The van der Waals surface area contributed by atoms with Crippen molar-refractivity contribution in [1.29, 1.82) is 0 Å². The van der Waals surface area contributed by atoms with Crippen molar-refractivity contribution in [2.24, 2.45) is 0 Å². The van der Waals surface area contributed by atoms with Crippen LogP contribution in [-0.2, 0) is 11.3 Å². The van der Waals surface area contributed by atoms with Gasteiger partial charge >= 0.3 is 6.09 Å². The van der Waals surface area contributed by atoms with Crippen molar-refractivity contribution in [2.75, 3.05) is 14.1 Å². The Morgan fingerprint density at radius 3 is 2.68 bits per heavy atom. The SMILES string of the molecule is CC(NC(=O)O)c1nc2cccc(Cl)c2c(=O)n1CCC(=O)N(C)C. The summed E-state index contributed by atoms with van der Waals surface area (Å²) in [6.07, 6.45) is -1.15. The number of hydrogen-bond acceptors (Lipinski definition) is 4. The summed E-state index contributed by atoms with van der Waals surface area (Å²) in [6, 6.07) is 4.15. The lowest BCUT2D eigenvalue weighted by Crippen LogP contribution is -2.34. The van der Waals surface area contributed by atoms with E-state index in [9.17, 15) is 14.4 Å². The third kappa shape index (κ3) is 4.08. The number of halogens is 1. The highest BCUT2D eigenvalue weighted by atomic mass is 35.5. The summed E-state index contributed by atoms with van der Waals surface area (Å²) in [5.74, 6) is 0.0738. The largest absolute Gasteiger partial charge is 0.465 e. The van der Waals surface area contributed by atoms with E-state index in [0.29, 0.717) is 5.52 Å². The first-order chi connectivity index (χ1) is 11.7. The molecule has 25 heavy (non-hydrogen) atoms. The molecule has 9 heteroatoms. The molecule has 0 spiro atoms. The summed E-state index contributed by atoms with van der Waals surface area (Å²) in [4.78, 5) is 41.5. The molecule has 0 saturated carbocycles. The summed E-state index contributed by atoms with van der Waals surface area (Å²) in [7, 11) is 3.24. The Balaban J connectivity index is 2.59. The zero-order chi connectivity index (χ0) is 18.7. The van der Waals surface area contributed by atoms with Crippen LogP contribution in [0.1, 0.15) is 25.2 Å². The molecule has 0 saturated heterocycles. The molecule has 0 bridgehead atoms. The number of carboxylic acid groups (broad SMARTS) is 1. The number of nitrogens with one attached hydrogen (secondary N) is 1. The molecule has 2 amide bonds. The van der Waals surface area contributed by atoms with Gasteiger partial charge in [-0.05, 0) is 19.1 Å². The molecule has 0 aliphatic carbocycles. The Morgan fingerprint density at radius 2 is 2.08 bits per heavy atom. The number of hydrogen-bond donors (Lipinski definition) is 2. The fourth-order valence-electron chi connectivity index (χ4n) is 2.47. The molecule has 1 unspecified atom stereocenters. The van der Waals surface area contributed by atoms with Crippen molar-refractivity contribution in [1.82, 2.24) is 19.8 Å². The molecule has 0 aliphatic heterocycles. The number of amides is 2. The summed E-state index contributed by atoms with van der Waals surface area (Å²) < 4.78 is 1.30. The Labute approximate surface area is 149 Å². The number of benzene rings is 1. The molecule has 134 valence electrons. The quantitative estimate of drug-likeness (QED) is 0.840. The molecule has 0 radical (unpaired) electrons. The van der Waals surface area contributed by atoms with Crippen molar-refractivity contribution in [3.8, 4) is 0 Å². The van der Waals surface area contributed by atoms with E-state index in [-0.39, 0.29) is 35.1 Å². The van der Waals surface area contributed by atoms with Gasteiger partial charge < -0.3 is 15.3 Å². The Morgan fingerprint density at radius 1 is 1.40 bits per heavy atom. The van der Waals surface area contributed by atoms with Gasteiger partial charge in [-0.3, -0.25) is 14.2 Å². The normalized spacial score (nSPS) is 12.0. The zero-order valence-corrected chi connectivity index (χ0v) is 14.9. The van der Waals surface area contributed by atoms with Crippen LogP contribution in [0.15, 0.2) is 23.0 Å². The topological polar surface area (TPSA) is 105 Å². The minimum atomic E-state index is -1.23. The number of carbonyl (C=O) groups is 2. The van der Waals surface area contributed by atoms with Gasteiger partial charge in [0.15, 0.2) is 0 Å². The van der Waals surface area contributed by atoms with E-state index in [2.05, 4.69) is 10.3 Å². The van der Waals surface area contributed by atoms with E-state index in [1.807, 2.05) is 0 Å². The second-order valence-electron chi connectivity index (χ2n) is 5.77. The van der Waals surface area contributed by atoms with Gasteiger partial charge in [0.1, 0.15) is 5.82 Å². The predicted molar refractivity (Wildman–Crippen MR) is 93.9 cm³/mol. The van der Waals surface area contributed by atoms with Gasteiger partial charge in [0.05, 0.1) is 22.0 Å². The highest BCUT2D eigenvalue weighted by molar-refractivity contribution is 6.35. The van der Waals surface area contributed by atoms with Gasteiger partial charge in [-0.25, -0.2) is 9.78 Å². The molecule has 0 aliphatic rings. The lowest BCUT2D eigenvalue weighted by molar-refractivity contribution is -0.128. The number of rotatable bonds is 5. The van der Waals surface area contributed by atoms with Crippen molar-refractivity contribution in [2.45, 2.75) is 25.9 Å². The Kier molecular flexibility index (Phi) is 5.63. The van der Waals surface area contributed by atoms with Crippen molar-refractivity contribution in [3.05, 3.63) is 39.4 Å². The van der Waals surface area contributed by atoms with E-state index in [0.717, 1.165) is 0 Å². The maximum Gasteiger partial charge on any atom is 0.405 e. The number of fused-ring (bicyclic) bond motifs is 1. The molecule has 8 nitrogen and oxygen atoms in total. The average Bonchev–Trinajstić information content (AvgIpc) is 2.52. The Hall–Kier alpha value is -2.61. The second kappa shape index (κ2) is 7.52. The van der Waals surface area contributed by atoms with Gasteiger partial charge in [-0.15, -0.1) is 0 Å². The van der Waals surface area contributed by atoms with Gasteiger partial charge in [-0.2, -0.15) is 0 Å². The van der Waals surface area contributed by atoms with Crippen molar-refractivity contribution < 1.29 is 14.7 Å². The first-order valence-corrected chi connectivity index (χ1v) is 7.98. The first-order valence-electron chi connectivity index (χ1n) is 7.61. The lowest BCUT2D eigenvalue weighted by atomic mass is 10.2. The van der Waals surface area contributed by atoms with Crippen molar-refractivity contribution >= 4 is 34.5 Å². The maximum absolute atomic E-state index is 12.9. The summed E-state index contributed by atoms with van der Waals surface area (Å²) in [5, 5.41) is 11.7. The van der Waals surface area contributed by atoms with Crippen molar-refractivity contribution in [3.63, 3.8) is 0 Å². The van der Waals surface area contributed by atoms with Crippen LogP contribution in [0.5, 0.6) is 0 Å². The molecule has 0 fully saturated rings. The van der Waals surface area contributed by atoms with E-state index < -0.39 is 17.7 Å².